The van der Waals surface area contributed by atoms with Gasteiger partial charge < -0.3 is 10.4 Å². The van der Waals surface area contributed by atoms with Crippen molar-refractivity contribution in [3.05, 3.63) is 65.7 Å². The third-order valence-corrected chi connectivity index (χ3v) is 5.69. The zero-order chi connectivity index (χ0) is 19.0. The number of rotatable bonds is 4. The van der Waals surface area contributed by atoms with Crippen LogP contribution in [0, 0.1) is 0 Å². The molecular formula is C22H27N3O2. The molecule has 0 aliphatic carbocycles. The highest BCUT2D eigenvalue weighted by Crippen LogP contribution is 2.48. The molecule has 5 nitrogen and oxygen atoms in total. The number of fused-ring (bicyclic) bond motifs is 3. The van der Waals surface area contributed by atoms with Crippen LogP contribution in [-0.4, -0.2) is 47.3 Å². The van der Waals surface area contributed by atoms with E-state index in [1.165, 1.54) is 5.56 Å². The lowest BCUT2D eigenvalue weighted by atomic mass is 9.72. The molecule has 0 spiro atoms. The number of para-hydroxylation sites is 1. The number of amides is 2. The summed E-state index contributed by atoms with van der Waals surface area (Å²) in [5.41, 5.74) is 3.36. The minimum Gasteiger partial charge on any atom is -0.395 e. The van der Waals surface area contributed by atoms with Gasteiger partial charge >= 0.3 is 6.03 Å². The Morgan fingerprint density at radius 1 is 1.15 bits per heavy atom. The molecule has 2 amide bonds. The normalized spacial score (nSPS) is 24.1. The summed E-state index contributed by atoms with van der Waals surface area (Å²) in [6.45, 7) is 5.51. The summed E-state index contributed by atoms with van der Waals surface area (Å²) in [6, 6.07) is 18.8. The number of carbonyl (C=O) groups is 1. The Labute approximate surface area is 160 Å². The van der Waals surface area contributed by atoms with Gasteiger partial charge in [0.05, 0.1) is 6.61 Å². The van der Waals surface area contributed by atoms with Crippen LogP contribution in [0.4, 0.5) is 10.5 Å². The van der Waals surface area contributed by atoms with Crippen LogP contribution >= 0.6 is 0 Å². The van der Waals surface area contributed by atoms with Gasteiger partial charge in [0.25, 0.3) is 0 Å². The van der Waals surface area contributed by atoms with Crippen LogP contribution in [0.15, 0.2) is 54.6 Å². The summed E-state index contributed by atoms with van der Waals surface area (Å²) in [7, 11) is 0. The summed E-state index contributed by atoms with van der Waals surface area (Å²) in [5, 5.41) is 13.1. The Morgan fingerprint density at radius 2 is 1.85 bits per heavy atom. The number of nitrogens with one attached hydrogen (secondary N) is 1. The van der Waals surface area contributed by atoms with Crippen molar-refractivity contribution >= 4 is 11.7 Å². The molecule has 0 radical (unpaired) electrons. The lowest BCUT2D eigenvalue weighted by Gasteiger charge is -2.59. The van der Waals surface area contributed by atoms with Crippen LogP contribution in [0.2, 0.25) is 0 Å². The van der Waals surface area contributed by atoms with Gasteiger partial charge in [-0.1, -0.05) is 48.5 Å². The number of likely N-dealkylation sites (tertiary alicyclic amines) is 1. The second-order valence-corrected chi connectivity index (χ2v) is 7.77. The van der Waals surface area contributed by atoms with Gasteiger partial charge in [-0.25, -0.2) is 4.79 Å². The van der Waals surface area contributed by atoms with E-state index in [1.807, 2.05) is 55.1 Å². The molecule has 2 heterocycles. The van der Waals surface area contributed by atoms with E-state index in [2.05, 4.69) is 28.4 Å². The Hall–Kier alpha value is -2.37. The van der Waals surface area contributed by atoms with E-state index in [0.29, 0.717) is 6.54 Å². The summed E-state index contributed by atoms with van der Waals surface area (Å²) >= 11 is 0. The van der Waals surface area contributed by atoms with Crippen molar-refractivity contribution in [2.24, 2.45) is 0 Å². The molecule has 0 saturated carbocycles. The Balaban J connectivity index is 1.64. The quantitative estimate of drug-likeness (QED) is 0.876. The number of hydrogen-bond donors (Lipinski definition) is 2. The van der Waals surface area contributed by atoms with Crippen LogP contribution in [0.1, 0.15) is 30.9 Å². The van der Waals surface area contributed by atoms with E-state index in [4.69, 9.17) is 0 Å². The van der Waals surface area contributed by atoms with Gasteiger partial charge in [0.2, 0.25) is 0 Å². The largest absolute Gasteiger partial charge is 0.395 e. The van der Waals surface area contributed by atoms with Crippen LogP contribution in [0.3, 0.4) is 0 Å². The summed E-state index contributed by atoms with van der Waals surface area (Å²) in [5.74, 6) is 0.262. The smallest absolute Gasteiger partial charge is 0.322 e. The minimum absolute atomic E-state index is 0.0528. The molecule has 3 atom stereocenters. The monoisotopic (exact) mass is 365 g/mol. The first kappa shape index (κ1) is 18.0. The van der Waals surface area contributed by atoms with E-state index in [-0.39, 0.29) is 36.7 Å². The van der Waals surface area contributed by atoms with Crippen LogP contribution in [0.5, 0.6) is 0 Å². The van der Waals surface area contributed by atoms with Crippen LogP contribution in [0.25, 0.3) is 0 Å². The van der Waals surface area contributed by atoms with E-state index in [0.717, 1.165) is 17.8 Å². The van der Waals surface area contributed by atoms with Crippen molar-refractivity contribution in [3.63, 3.8) is 0 Å². The number of carbonyl (C=O) groups excluding carboxylic acids is 1. The fraction of sp³-hybridized carbons (Fsp3) is 0.409. The molecule has 2 aromatic rings. The molecular weight excluding hydrogens is 338 g/mol. The molecule has 0 unspecified atom stereocenters. The van der Waals surface area contributed by atoms with Crippen LogP contribution in [-0.2, 0) is 6.54 Å². The predicted octanol–water partition coefficient (Wildman–Crippen LogP) is 2.95. The average Bonchev–Trinajstić information content (AvgIpc) is 2.66. The maximum absolute atomic E-state index is 12.8. The number of aliphatic hydroxyl groups is 1. The third-order valence-electron chi connectivity index (χ3n) is 5.69. The van der Waals surface area contributed by atoms with E-state index in [9.17, 15) is 9.90 Å². The van der Waals surface area contributed by atoms with Crippen LogP contribution < -0.4 is 10.2 Å². The Morgan fingerprint density at radius 3 is 2.56 bits per heavy atom. The highest BCUT2D eigenvalue weighted by molar-refractivity contribution is 5.94. The molecule has 0 aromatic heterocycles. The zero-order valence-corrected chi connectivity index (χ0v) is 15.9. The van der Waals surface area contributed by atoms with Gasteiger partial charge in [-0.3, -0.25) is 9.80 Å². The maximum Gasteiger partial charge on any atom is 0.322 e. The topological polar surface area (TPSA) is 55.8 Å². The lowest BCUT2D eigenvalue weighted by molar-refractivity contribution is -0.0485. The summed E-state index contributed by atoms with van der Waals surface area (Å²) < 4.78 is 0. The summed E-state index contributed by atoms with van der Waals surface area (Å²) in [6.07, 6.45) is 0. The fourth-order valence-corrected chi connectivity index (χ4v) is 4.51. The molecule has 142 valence electrons. The average molecular weight is 365 g/mol. The molecule has 1 saturated heterocycles. The molecule has 4 rings (SSSR count). The first-order chi connectivity index (χ1) is 13.1. The fourth-order valence-electron chi connectivity index (χ4n) is 4.51. The standard InChI is InChI=1S/C22H27N3O2/c1-15(2)23-22(27)25-13-19-21(17-10-6-7-11-18(17)25)20(14-26)24(19)12-16-8-4-3-5-9-16/h3-11,15,19-21,26H,12-14H2,1-2H3,(H,23,27)/t19-,20+,21+/m0/s1. The second-order valence-electron chi connectivity index (χ2n) is 7.77. The molecule has 2 aliphatic heterocycles. The van der Waals surface area contributed by atoms with Gasteiger partial charge in [-0.2, -0.15) is 0 Å². The van der Waals surface area contributed by atoms with Crippen molar-refractivity contribution in [1.82, 2.24) is 10.2 Å². The minimum atomic E-state index is -0.0528. The van der Waals surface area contributed by atoms with Gasteiger partial charge in [0.15, 0.2) is 0 Å². The Kier molecular flexibility index (Phi) is 4.89. The highest BCUT2D eigenvalue weighted by Gasteiger charge is 2.53. The number of benzene rings is 2. The van der Waals surface area contributed by atoms with E-state index < -0.39 is 0 Å². The molecule has 1 fully saturated rings. The number of nitrogens with zero attached hydrogens (tertiary/aromatic N) is 2. The molecule has 5 heteroatoms. The second kappa shape index (κ2) is 7.33. The van der Waals surface area contributed by atoms with Gasteiger partial charge in [-0.15, -0.1) is 0 Å². The predicted molar refractivity (Wildman–Crippen MR) is 107 cm³/mol. The van der Waals surface area contributed by atoms with E-state index >= 15 is 0 Å². The van der Waals surface area contributed by atoms with Crippen molar-refractivity contribution in [2.45, 2.75) is 44.4 Å². The Bertz CT molecular complexity index is 808. The maximum atomic E-state index is 12.8. The molecule has 27 heavy (non-hydrogen) atoms. The number of urea groups is 1. The molecule has 0 bridgehead atoms. The number of hydrogen-bond acceptors (Lipinski definition) is 3. The summed E-state index contributed by atoms with van der Waals surface area (Å²) in [4.78, 5) is 17.0. The third kappa shape index (κ3) is 3.22. The van der Waals surface area contributed by atoms with Crippen molar-refractivity contribution in [1.29, 1.82) is 0 Å². The van der Waals surface area contributed by atoms with Crippen molar-refractivity contribution < 1.29 is 9.90 Å². The molecule has 2 aliphatic rings. The first-order valence-corrected chi connectivity index (χ1v) is 9.67. The SMILES string of the molecule is CC(C)NC(=O)N1C[C@H]2[C@@H](c3ccccc31)[C@@H](CO)N2Cc1ccccc1. The van der Waals surface area contributed by atoms with Gasteiger partial charge in [-0.05, 0) is 31.0 Å². The highest BCUT2D eigenvalue weighted by atomic mass is 16.3. The van der Waals surface area contributed by atoms with Gasteiger partial charge in [0.1, 0.15) is 0 Å². The lowest BCUT2D eigenvalue weighted by Crippen LogP contribution is -2.69. The van der Waals surface area contributed by atoms with E-state index in [1.54, 1.807) is 0 Å². The molecule has 2 aromatic carbocycles. The number of anilines is 1. The number of aliphatic hydroxyl groups excluding tert-OH is 1. The molecule has 2 N–H and O–H groups in total. The van der Waals surface area contributed by atoms with Crippen molar-refractivity contribution in [2.75, 3.05) is 18.1 Å². The zero-order valence-electron chi connectivity index (χ0n) is 15.9. The first-order valence-electron chi connectivity index (χ1n) is 9.67. The van der Waals surface area contributed by atoms with Gasteiger partial charge in [0, 0.05) is 42.8 Å². The van der Waals surface area contributed by atoms with Crippen molar-refractivity contribution in [3.8, 4) is 0 Å².